The van der Waals surface area contributed by atoms with E-state index >= 15 is 0 Å². The molecule has 0 spiro atoms. The molecule has 1 saturated heterocycles. The van der Waals surface area contributed by atoms with Gasteiger partial charge in [-0.2, -0.15) is 13.2 Å². The number of fused-ring (bicyclic) bond motifs is 1. The van der Waals surface area contributed by atoms with Gasteiger partial charge in [0.2, 0.25) is 0 Å². The molecule has 1 unspecified atom stereocenters. The standard InChI is InChI=1S/C18H15F3N6OS/c19-18(20,21)16-14(2-1-3-23-16)28-8-12-10-6-27(7-11(10)12)15-5-22-4-13(25-15)17-26-24-9-29-17/h1-5,9-12H,6-8H2/t10-,11+,12?. The summed E-state index contributed by atoms with van der Waals surface area (Å²) in [7, 11) is 0. The molecule has 0 amide bonds. The van der Waals surface area contributed by atoms with Gasteiger partial charge in [0, 0.05) is 25.2 Å². The van der Waals surface area contributed by atoms with Crippen LogP contribution in [-0.2, 0) is 6.18 Å². The third-order valence-electron chi connectivity index (χ3n) is 5.37. The van der Waals surface area contributed by atoms with Crippen molar-refractivity contribution in [1.29, 1.82) is 0 Å². The predicted octanol–water partition coefficient (Wildman–Crippen LogP) is 3.17. The van der Waals surface area contributed by atoms with Crippen LogP contribution in [0.1, 0.15) is 5.69 Å². The SMILES string of the molecule is FC(F)(F)c1ncccc1OCC1[C@H]2CN(c3cncc(-c4nncs4)n3)C[C@@H]12. The average molecular weight is 420 g/mol. The smallest absolute Gasteiger partial charge is 0.437 e. The maximum atomic E-state index is 13.0. The number of pyridine rings is 1. The summed E-state index contributed by atoms with van der Waals surface area (Å²) in [6, 6.07) is 2.76. The summed E-state index contributed by atoms with van der Waals surface area (Å²) >= 11 is 1.40. The number of rotatable bonds is 5. The minimum absolute atomic E-state index is 0.211. The van der Waals surface area contributed by atoms with Crippen LogP contribution in [0.3, 0.4) is 0 Å². The number of anilines is 1. The first-order chi connectivity index (χ1) is 14.0. The maximum absolute atomic E-state index is 13.0. The largest absolute Gasteiger partial charge is 0.491 e. The Balaban J connectivity index is 1.20. The highest BCUT2D eigenvalue weighted by atomic mass is 32.1. The lowest BCUT2D eigenvalue weighted by Crippen LogP contribution is -2.26. The van der Waals surface area contributed by atoms with E-state index in [0.29, 0.717) is 22.5 Å². The fraction of sp³-hybridized carbons (Fsp3) is 0.389. The van der Waals surface area contributed by atoms with Crippen LogP contribution < -0.4 is 9.64 Å². The van der Waals surface area contributed by atoms with Crippen LogP contribution in [0, 0.1) is 17.8 Å². The van der Waals surface area contributed by atoms with Gasteiger partial charge in [0.1, 0.15) is 22.8 Å². The Morgan fingerprint density at radius 2 is 2.03 bits per heavy atom. The zero-order valence-corrected chi connectivity index (χ0v) is 15.8. The summed E-state index contributed by atoms with van der Waals surface area (Å²) in [5.74, 6) is 1.57. The molecule has 5 rings (SSSR count). The Bertz CT molecular complexity index is 1000. The van der Waals surface area contributed by atoms with E-state index in [1.807, 2.05) is 0 Å². The molecule has 3 aromatic heterocycles. The molecule has 0 bridgehead atoms. The highest BCUT2D eigenvalue weighted by Gasteiger charge is 2.56. The highest BCUT2D eigenvalue weighted by molar-refractivity contribution is 7.12. The molecule has 3 atom stereocenters. The van der Waals surface area contributed by atoms with Crippen molar-refractivity contribution >= 4 is 17.2 Å². The second-order valence-corrected chi connectivity index (χ2v) is 7.90. The molecule has 3 aromatic rings. The van der Waals surface area contributed by atoms with Gasteiger partial charge in [-0.05, 0) is 24.0 Å². The normalized spacial score (nSPS) is 23.1. The second kappa shape index (κ2) is 6.90. The molecule has 11 heteroatoms. The zero-order valence-electron chi connectivity index (χ0n) is 15.0. The zero-order chi connectivity index (χ0) is 20.0. The van der Waals surface area contributed by atoms with E-state index < -0.39 is 11.9 Å². The summed E-state index contributed by atoms with van der Waals surface area (Å²) in [4.78, 5) is 14.4. The predicted molar refractivity (Wildman–Crippen MR) is 98.4 cm³/mol. The maximum Gasteiger partial charge on any atom is 0.437 e. The van der Waals surface area contributed by atoms with Crippen molar-refractivity contribution < 1.29 is 17.9 Å². The lowest BCUT2D eigenvalue weighted by Gasteiger charge is -2.21. The average Bonchev–Trinajstić information content (AvgIpc) is 3.14. The molecule has 1 aliphatic heterocycles. The molecular formula is C18H15F3N6OS. The van der Waals surface area contributed by atoms with E-state index in [0.717, 1.165) is 25.1 Å². The van der Waals surface area contributed by atoms with Crippen molar-refractivity contribution in [2.75, 3.05) is 24.6 Å². The quantitative estimate of drug-likeness (QED) is 0.627. The number of ether oxygens (including phenoxy) is 1. The minimum atomic E-state index is -4.52. The molecule has 1 saturated carbocycles. The topological polar surface area (TPSA) is 76.9 Å². The summed E-state index contributed by atoms with van der Waals surface area (Å²) in [6.45, 7) is 1.83. The minimum Gasteiger partial charge on any atom is -0.491 e. The first-order valence-electron chi connectivity index (χ1n) is 8.99. The van der Waals surface area contributed by atoms with Gasteiger partial charge in [0.05, 0.1) is 19.0 Å². The molecule has 7 nitrogen and oxygen atoms in total. The fourth-order valence-corrected chi connectivity index (χ4v) is 4.39. The van der Waals surface area contributed by atoms with Crippen molar-refractivity contribution in [2.24, 2.45) is 17.8 Å². The molecule has 0 N–H and O–H groups in total. The number of hydrogen-bond acceptors (Lipinski definition) is 8. The number of halogens is 3. The third-order valence-corrected chi connectivity index (χ3v) is 6.08. The molecule has 29 heavy (non-hydrogen) atoms. The lowest BCUT2D eigenvalue weighted by molar-refractivity contribution is -0.142. The van der Waals surface area contributed by atoms with Crippen molar-refractivity contribution in [1.82, 2.24) is 25.1 Å². The molecule has 150 valence electrons. The van der Waals surface area contributed by atoms with E-state index in [1.165, 1.54) is 23.5 Å². The Morgan fingerprint density at radius 1 is 1.21 bits per heavy atom. The van der Waals surface area contributed by atoms with Crippen molar-refractivity contribution in [3.63, 3.8) is 0 Å². The van der Waals surface area contributed by atoms with Gasteiger partial charge in [-0.1, -0.05) is 11.3 Å². The van der Waals surface area contributed by atoms with Gasteiger partial charge in [0.25, 0.3) is 0 Å². The number of piperidine rings is 1. The summed E-state index contributed by atoms with van der Waals surface area (Å²) < 4.78 is 44.6. The Morgan fingerprint density at radius 3 is 2.76 bits per heavy atom. The number of alkyl halides is 3. The summed E-state index contributed by atoms with van der Waals surface area (Å²) in [5, 5.41) is 8.55. The monoisotopic (exact) mass is 420 g/mol. The van der Waals surface area contributed by atoms with Crippen LogP contribution in [0.5, 0.6) is 5.75 Å². The van der Waals surface area contributed by atoms with Gasteiger partial charge in [-0.3, -0.25) is 4.98 Å². The van der Waals surface area contributed by atoms with Crippen molar-refractivity contribution in [3.05, 3.63) is 41.9 Å². The van der Waals surface area contributed by atoms with Crippen molar-refractivity contribution in [3.8, 4) is 16.5 Å². The van der Waals surface area contributed by atoms with E-state index in [9.17, 15) is 13.2 Å². The molecule has 1 aliphatic carbocycles. The molecule has 2 aliphatic rings. The number of hydrogen-bond donors (Lipinski definition) is 0. The van der Waals surface area contributed by atoms with E-state index in [-0.39, 0.29) is 18.3 Å². The highest BCUT2D eigenvalue weighted by Crippen LogP contribution is 2.52. The van der Waals surface area contributed by atoms with Gasteiger partial charge in [0.15, 0.2) is 10.7 Å². The fourth-order valence-electron chi connectivity index (χ4n) is 3.89. The van der Waals surface area contributed by atoms with Crippen LogP contribution in [0.15, 0.2) is 36.2 Å². The second-order valence-electron chi connectivity index (χ2n) is 7.06. The molecule has 0 aromatic carbocycles. The summed E-state index contributed by atoms with van der Waals surface area (Å²) in [6.07, 6.45) is -0.0323. The molecule has 0 radical (unpaired) electrons. The van der Waals surface area contributed by atoms with Crippen LogP contribution in [-0.4, -0.2) is 44.8 Å². The Labute approximate surface area is 167 Å². The molecule has 4 heterocycles. The van der Waals surface area contributed by atoms with Gasteiger partial charge in [-0.25, -0.2) is 9.97 Å². The lowest BCUT2D eigenvalue weighted by atomic mass is 10.2. The molecule has 2 fully saturated rings. The van der Waals surface area contributed by atoms with E-state index in [2.05, 4.69) is 30.0 Å². The number of aromatic nitrogens is 5. The third kappa shape index (κ3) is 3.50. The Kier molecular flexibility index (Phi) is 4.34. The first kappa shape index (κ1) is 18.2. The Hall–Kier alpha value is -2.82. The number of nitrogens with zero attached hydrogens (tertiary/aromatic N) is 6. The van der Waals surface area contributed by atoms with Crippen molar-refractivity contribution in [2.45, 2.75) is 6.18 Å². The van der Waals surface area contributed by atoms with Gasteiger partial charge in [-0.15, -0.1) is 10.2 Å². The van der Waals surface area contributed by atoms with E-state index in [1.54, 1.807) is 17.9 Å². The van der Waals surface area contributed by atoms with Gasteiger partial charge >= 0.3 is 6.18 Å². The van der Waals surface area contributed by atoms with Crippen LogP contribution in [0.2, 0.25) is 0 Å². The van der Waals surface area contributed by atoms with E-state index in [4.69, 9.17) is 4.74 Å². The van der Waals surface area contributed by atoms with Crippen LogP contribution in [0.4, 0.5) is 19.0 Å². The van der Waals surface area contributed by atoms with Crippen LogP contribution in [0.25, 0.3) is 10.7 Å². The summed E-state index contributed by atoms with van der Waals surface area (Å²) in [5.41, 5.74) is 1.35. The van der Waals surface area contributed by atoms with Gasteiger partial charge < -0.3 is 9.64 Å². The van der Waals surface area contributed by atoms with Crippen LogP contribution >= 0.6 is 11.3 Å². The molecular weight excluding hydrogens is 405 g/mol. The first-order valence-corrected chi connectivity index (χ1v) is 9.87.